The molecule has 20 heavy (non-hydrogen) atoms. The van der Waals surface area contributed by atoms with E-state index in [1.807, 2.05) is 36.4 Å². The molecule has 3 aromatic rings. The maximum Gasteiger partial charge on any atom is 0.124 e. The Kier molecular flexibility index (Phi) is 3.56. The van der Waals surface area contributed by atoms with Crippen LogP contribution in [-0.2, 0) is 5.75 Å². The number of hydrogen-bond acceptors (Lipinski definition) is 3. The summed E-state index contributed by atoms with van der Waals surface area (Å²) < 4.78 is 13.2. The van der Waals surface area contributed by atoms with E-state index in [-0.39, 0.29) is 5.82 Å². The molecule has 0 saturated heterocycles. The van der Waals surface area contributed by atoms with Gasteiger partial charge in [0, 0.05) is 21.7 Å². The highest BCUT2D eigenvalue weighted by Gasteiger charge is 2.04. The average molecular weight is 284 g/mol. The van der Waals surface area contributed by atoms with Crippen LogP contribution in [0.3, 0.4) is 0 Å². The van der Waals surface area contributed by atoms with Crippen LogP contribution >= 0.6 is 11.8 Å². The molecule has 0 aliphatic carbocycles. The number of benzene rings is 2. The van der Waals surface area contributed by atoms with Crippen molar-refractivity contribution >= 4 is 28.4 Å². The second kappa shape index (κ2) is 5.51. The summed E-state index contributed by atoms with van der Waals surface area (Å²) in [6, 6.07) is 16.4. The summed E-state index contributed by atoms with van der Waals surface area (Å²) in [7, 11) is 0. The number of halogens is 1. The molecule has 3 rings (SSSR count). The van der Waals surface area contributed by atoms with Crippen molar-refractivity contribution in [2.45, 2.75) is 10.6 Å². The fourth-order valence-electron chi connectivity index (χ4n) is 1.97. The van der Waals surface area contributed by atoms with Gasteiger partial charge in [0.2, 0.25) is 0 Å². The second-order valence-corrected chi connectivity index (χ2v) is 5.48. The standard InChI is InChI=1S/C16H13FN2S/c17-12-6-8-14(18)16(9-12)20-10-13-7-5-11-3-1-2-4-15(11)19-13/h1-9H,10,18H2. The van der Waals surface area contributed by atoms with Gasteiger partial charge in [-0.1, -0.05) is 24.3 Å². The van der Waals surface area contributed by atoms with Crippen molar-refractivity contribution in [3.63, 3.8) is 0 Å². The van der Waals surface area contributed by atoms with Crippen LogP contribution in [0.1, 0.15) is 5.69 Å². The quantitative estimate of drug-likeness (QED) is 0.577. The molecule has 1 aromatic heterocycles. The van der Waals surface area contributed by atoms with Gasteiger partial charge in [0.05, 0.1) is 11.2 Å². The molecule has 4 heteroatoms. The van der Waals surface area contributed by atoms with Crippen LogP contribution in [0.15, 0.2) is 59.5 Å². The van der Waals surface area contributed by atoms with E-state index in [4.69, 9.17) is 5.73 Å². The monoisotopic (exact) mass is 284 g/mol. The predicted molar refractivity (Wildman–Crippen MR) is 82.1 cm³/mol. The number of nitrogens with two attached hydrogens (primary N) is 1. The Labute approximate surface area is 120 Å². The van der Waals surface area contributed by atoms with Crippen LogP contribution in [0, 0.1) is 5.82 Å². The SMILES string of the molecule is Nc1ccc(F)cc1SCc1ccc2ccccc2n1. The zero-order chi connectivity index (χ0) is 13.9. The van der Waals surface area contributed by atoms with E-state index in [2.05, 4.69) is 4.98 Å². The zero-order valence-corrected chi connectivity index (χ0v) is 11.5. The number of rotatable bonds is 3. The van der Waals surface area contributed by atoms with Gasteiger partial charge in [-0.2, -0.15) is 0 Å². The highest BCUT2D eigenvalue weighted by molar-refractivity contribution is 7.98. The Morgan fingerprint density at radius 2 is 1.90 bits per heavy atom. The molecular formula is C16H13FN2S. The van der Waals surface area contributed by atoms with Crippen molar-refractivity contribution in [3.8, 4) is 0 Å². The summed E-state index contributed by atoms with van der Waals surface area (Å²) in [5.41, 5.74) is 8.36. The predicted octanol–water partition coefficient (Wildman–Crippen LogP) is 4.25. The van der Waals surface area contributed by atoms with E-state index in [1.165, 1.54) is 23.9 Å². The van der Waals surface area contributed by atoms with Gasteiger partial charge in [0.15, 0.2) is 0 Å². The van der Waals surface area contributed by atoms with Crippen molar-refractivity contribution in [1.29, 1.82) is 0 Å². The minimum atomic E-state index is -0.270. The van der Waals surface area contributed by atoms with E-state index in [1.54, 1.807) is 6.07 Å². The van der Waals surface area contributed by atoms with Crippen molar-refractivity contribution in [2.75, 3.05) is 5.73 Å². The zero-order valence-electron chi connectivity index (χ0n) is 10.7. The first-order valence-corrected chi connectivity index (χ1v) is 7.23. The number of fused-ring (bicyclic) bond motifs is 1. The summed E-state index contributed by atoms with van der Waals surface area (Å²) >= 11 is 1.50. The molecule has 2 N–H and O–H groups in total. The van der Waals surface area contributed by atoms with Crippen molar-refractivity contribution < 1.29 is 4.39 Å². The van der Waals surface area contributed by atoms with Gasteiger partial charge in [0.1, 0.15) is 5.82 Å². The summed E-state index contributed by atoms with van der Waals surface area (Å²) in [5.74, 6) is 0.395. The smallest absolute Gasteiger partial charge is 0.124 e. The summed E-state index contributed by atoms with van der Waals surface area (Å²) in [6.45, 7) is 0. The molecule has 0 bridgehead atoms. The van der Waals surface area contributed by atoms with Crippen LogP contribution in [0.5, 0.6) is 0 Å². The summed E-state index contributed by atoms with van der Waals surface area (Å²) in [5, 5.41) is 1.12. The molecule has 0 unspecified atom stereocenters. The van der Waals surface area contributed by atoms with Gasteiger partial charge in [-0.25, -0.2) is 4.39 Å². The van der Waals surface area contributed by atoms with Gasteiger partial charge in [-0.3, -0.25) is 4.98 Å². The van der Waals surface area contributed by atoms with Crippen LogP contribution in [0.4, 0.5) is 10.1 Å². The number of thioether (sulfide) groups is 1. The number of para-hydroxylation sites is 1. The minimum absolute atomic E-state index is 0.270. The summed E-state index contributed by atoms with van der Waals surface area (Å²) in [4.78, 5) is 5.34. The molecule has 2 nitrogen and oxygen atoms in total. The fraction of sp³-hybridized carbons (Fsp3) is 0.0625. The highest BCUT2D eigenvalue weighted by Crippen LogP contribution is 2.28. The van der Waals surface area contributed by atoms with Gasteiger partial charge < -0.3 is 5.73 Å². The molecule has 1 heterocycles. The van der Waals surface area contributed by atoms with Crippen LogP contribution in [0.2, 0.25) is 0 Å². The van der Waals surface area contributed by atoms with Crippen molar-refractivity contribution in [3.05, 3.63) is 66.1 Å². The van der Waals surface area contributed by atoms with E-state index >= 15 is 0 Å². The first kappa shape index (κ1) is 12.9. The van der Waals surface area contributed by atoms with Crippen LogP contribution in [-0.4, -0.2) is 4.98 Å². The third-order valence-corrected chi connectivity index (χ3v) is 4.11. The third-order valence-electron chi connectivity index (χ3n) is 3.01. The number of nitrogens with zero attached hydrogens (tertiary/aromatic N) is 1. The van der Waals surface area contributed by atoms with Crippen molar-refractivity contribution in [2.24, 2.45) is 0 Å². The Morgan fingerprint density at radius 3 is 2.80 bits per heavy atom. The Bertz CT molecular complexity index is 758. The summed E-state index contributed by atoms with van der Waals surface area (Å²) in [6.07, 6.45) is 0. The number of nitrogen functional groups attached to an aromatic ring is 1. The molecule has 0 amide bonds. The molecule has 0 fully saturated rings. The molecule has 2 aromatic carbocycles. The van der Waals surface area contributed by atoms with E-state index in [0.717, 1.165) is 21.5 Å². The largest absolute Gasteiger partial charge is 0.398 e. The lowest BCUT2D eigenvalue weighted by molar-refractivity contribution is 0.624. The molecule has 100 valence electrons. The lowest BCUT2D eigenvalue weighted by Crippen LogP contribution is -1.92. The Morgan fingerprint density at radius 1 is 1.05 bits per heavy atom. The number of hydrogen-bond donors (Lipinski definition) is 1. The molecule has 0 saturated carbocycles. The highest BCUT2D eigenvalue weighted by atomic mass is 32.2. The Hall–Kier alpha value is -2.07. The normalized spacial score (nSPS) is 10.8. The first-order valence-electron chi connectivity index (χ1n) is 6.25. The molecule has 0 aliphatic heterocycles. The lowest BCUT2D eigenvalue weighted by atomic mass is 10.2. The first-order chi connectivity index (χ1) is 9.72. The number of pyridine rings is 1. The molecular weight excluding hydrogens is 271 g/mol. The van der Waals surface area contributed by atoms with Gasteiger partial charge in [-0.15, -0.1) is 11.8 Å². The van der Waals surface area contributed by atoms with Crippen LogP contribution < -0.4 is 5.73 Å². The van der Waals surface area contributed by atoms with Gasteiger partial charge >= 0.3 is 0 Å². The van der Waals surface area contributed by atoms with Crippen LogP contribution in [0.25, 0.3) is 10.9 Å². The van der Waals surface area contributed by atoms with E-state index in [0.29, 0.717) is 11.4 Å². The van der Waals surface area contributed by atoms with Gasteiger partial charge in [0.25, 0.3) is 0 Å². The topological polar surface area (TPSA) is 38.9 Å². The number of anilines is 1. The maximum absolute atomic E-state index is 13.2. The molecule has 0 spiro atoms. The molecule has 0 atom stereocenters. The fourth-order valence-corrected chi connectivity index (χ4v) is 2.87. The second-order valence-electron chi connectivity index (χ2n) is 4.47. The molecule has 0 radical (unpaired) electrons. The number of aromatic nitrogens is 1. The van der Waals surface area contributed by atoms with Gasteiger partial charge in [-0.05, 0) is 30.3 Å². The van der Waals surface area contributed by atoms with Crippen molar-refractivity contribution in [1.82, 2.24) is 4.98 Å². The van der Waals surface area contributed by atoms with E-state index in [9.17, 15) is 4.39 Å². The lowest BCUT2D eigenvalue weighted by Gasteiger charge is -2.06. The third kappa shape index (κ3) is 2.75. The van der Waals surface area contributed by atoms with E-state index < -0.39 is 0 Å². The maximum atomic E-state index is 13.2. The minimum Gasteiger partial charge on any atom is -0.398 e. The Balaban J connectivity index is 1.81. The average Bonchev–Trinajstić information content (AvgIpc) is 2.48. The molecule has 0 aliphatic rings.